The Morgan fingerprint density at radius 1 is 1.12 bits per heavy atom. The number of esters is 2. The molecule has 0 unspecified atom stereocenters. The Hall–Kier alpha value is -2.75. The standard InChI is InChI=1S/C22H28BrN3O6/c1-21(2,3)32-20(29)26-10-8-25(9-11-26)17-7-6-14(12-16(17)23)24-13-15-18(27)30-22(4,5)31-19(15)28/h6-7,12-13,24H,8-11H2,1-5H3. The Labute approximate surface area is 195 Å². The molecular formula is C22H28BrN3O6. The Bertz CT molecular complexity index is 923. The fourth-order valence-corrected chi connectivity index (χ4v) is 3.87. The maximum absolute atomic E-state index is 12.2. The van der Waals surface area contributed by atoms with Gasteiger partial charge in [-0.25, -0.2) is 14.4 Å². The van der Waals surface area contributed by atoms with Crippen LogP contribution in [-0.2, 0) is 23.8 Å². The van der Waals surface area contributed by atoms with Gasteiger partial charge >= 0.3 is 18.0 Å². The van der Waals surface area contributed by atoms with Crippen molar-refractivity contribution in [3.8, 4) is 0 Å². The van der Waals surface area contributed by atoms with E-state index >= 15 is 0 Å². The van der Waals surface area contributed by atoms with Gasteiger partial charge in [-0.3, -0.25) is 0 Å². The van der Waals surface area contributed by atoms with Crippen molar-refractivity contribution in [3.63, 3.8) is 0 Å². The van der Waals surface area contributed by atoms with Gasteiger partial charge in [-0.1, -0.05) is 0 Å². The Kier molecular flexibility index (Phi) is 6.73. The van der Waals surface area contributed by atoms with Gasteiger partial charge in [0.05, 0.1) is 5.69 Å². The van der Waals surface area contributed by atoms with Gasteiger partial charge in [0, 0.05) is 56.4 Å². The molecule has 2 heterocycles. The van der Waals surface area contributed by atoms with Crippen molar-refractivity contribution in [2.45, 2.75) is 46.0 Å². The maximum atomic E-state index is 12.2. The van der Waals surface area contributed by atoms with Crippen molar-refractivity contribution in [2.24, 2.45) is 0 Å². The van der Waals surface area contributed by atoms with E-state index in [4.69, 9.17) is 14.2 Å². The zero-order valence-electron chi connectivity index (χ0n) is 18.9. The van der Waals surface area contributed by atoms with Crippen molar-refractivity contribution in [2.75, 3.05) is 36.4 Å². The number of benzene rings is 1. The Balaban J connectivity index is 1.61. The summed E-state index contributed by atoms with van der Waals surface area (Å²) in [4.78, 5) is 40.2. The maximum Gasteiger partial charge on any atom is 0.410 e. The van der Waals surface area contributed by atoms with Crippen molar-refractivity contribution < 1.29 is 28.6 Å². The molecule has 0 aromatic heterocycles. The van der Waals surface area contributed by atoms with Crippen molar-refractivity contribution in [1.82, 2.24) is 4.90 Å². The smallest absolute Gasteiger partial charge is 0.410 e. The molecule has 1 aromatic carbocycles. The monoisotopic (exact) mass is 509 g/mol. The molecule has 1 amide bonds. The number of piperazine rings is 1. The summed E-state index contributed by atoms with van der Waals surface area (Å²) < 4.78 is 16.4. The molecule has 174 valence electrons. The van der Waals surface area contributed by atoms with Crippen LogP contribution >= 0.6 is 15.9 Å². The zero-order valence-corrected chi connectivity index (χ0v) is 20.4. The Morgan fingerprint density at radius 3 is 2.25 bits per heavy atom. The molecule has 10 heteroatoms. The number of ether oxygens (including phenoxy) is 3. The van der Waals surface area contributed by atoms with Gasteiger partial charge in [-0.2, -0.15) is 0 Å². The number of rotatable bonds is 3. The number of hydrogen-bond donors (Lipinski definition) is 1. The first-order valence-corrected chi connectivity index (χ1v) is 11.1. The van der Waals surface area contributed by atoms with E-state index in [0.29, 0.717) is 31.9 Å². The average Bonchev–Trinajstić information content (AvgIpc) is 2.65. The summed E-state index contributed by atoms with van der Waals surface area (Å²) in [7, 11) is 0. The van der Waals surface area contributed by atoms with Crippen LogP contribution in [0, 0.1) is 0 Å². The van der Waals surface area contributed by atoms with Crippen LogP contribution in [0.1, 0.15) is 34.6 Å². The molecule has 32 heavy (non-hydrogen) atoms. The number of halogens is 1. The number of amides is 1. The topological polar surface area (TPSA) is 97.4 Å². The van der Waals surface area contributed by atoms with E-state index in [0.717, 1.165) is 10.2 Å². The largest absolute Gasteiger partial charge is 0.444 e. The first-order chi connectivity index (χ1) is 14.8. The fraction of sp³-hybridized carbons (Fsp3) is 0.500. The summed E-state index contributed by atoms with van der Waals surface area (Å²) in [5.74, 6) is -2.75. The zero-order chi connectivity index (χ0) is 23.7. The summed E-state index contributed by atoms with van der Waals surface area (Å²) >= 11 is 3.58. The summed E-state index contributed by atoms with van der Waals surface area (Å²) in [6, 6.07) is 5.60. The third-order valence-corrected chi connectivity index (χ3v) is 5.35. The van der Waals surface area contributed by atoms with Gasteiger partial charge in [-0.15, -0.1) is 0 Å². The lowest BCUT2D eigenvalue weighted by molar-refractivity contribution is -0.222. The molecule has 0 radical (unpaired) electrons. The number of cyclic esters (lactones) is 2. The average molecular weight is 510 g/mol. The van der Waals surface area contributed by atoms with Crippen LogP contribution in [-0.4, -0.2) is 60.5 Å². The molecule has 0 bridgehead atoms. The van der Waals surface area contributed by atoms with Crippen molar-refractivity contribution in [3.05, 3.63) is 34.4 Å². The lowest BCUT2D eigenvalue weighted by Gasteiger charge is -2.37. The third-order valence-electron chi connectivity index (χ3n) is 4.72. The van der Waals surface area contributed by atoms with Crippen LogP contribution < -0.4 is 10.2 Å². The van der Waals surface area contributed by atoms with E-state index in [-0.39, 0.29) is 11.7 Å². The number of hydrogen-bond acceptors (Lipinski definition) is 8. The highest BCUT2D eigenvalue weighted by molar-refractivity contribution is 9.10. The van der Waals surface area contributed by atoms with Crippen LogP contribution in [0.4, 0.5) is 16.2 Å². The number of carbonyl (C=O) groups excluding carboxylic acids is 3. The minimum absolute atomic E-state index is 0.206. The lowest BCUT2D eigenvalue weighted by atomic mass is 10.2. The molecule has 2 saturated heterocycles. The molecule has 1 aromatic rings. The number of nitrogens with one attached hydrogen (secondary N) is 1. The highest BCUT2D eigenvalue weighted by atomic mass is 79.9. The van der Waals surface area contributed by atoms with Crippen LogP contribution in [0.3, 0.4) is 0 Å². The molecule has 2 fully saturated rings. The molecule has 9 nitrogen and oxygen atoms in total. The SMILES string of the molecule is CC(C)(C)OC(=O)N1CCN(c2ccc(NC=C3C(=O)OC(C)(C)OC3=O)cc2Br)CC1. The van der Waals surface area contributed by atoms with Gasteiger partial charge < -0.3 is 29.3 Å². The summed E-state index contributed by atoms with van der Waals surface area (Å²) in [5, 5.41) is 2.94. The molecule has 0 spiro atoms. The summed E-state index contributed by atoms with van der Waals surface area (Å²) in [6.07, 6.45) is 0.980. The highest BCUT2D eigenvalue weighted by Crippen LogP contribution is 2.31. The minimum atomic E-state index is -1.27. The van der Waals surface area contributed by atoms with Crippen LogP contribution in [0.25, 0.3) is 0 Å². The molecule has 0 aliphatic carbocycles. The minimum Gasteiger partial charge on any atom is -0.444 e. The van der Waals surface area contributed by atoms with Crippen molar-refractivity contribution in [1.29, 1.82) is 0 Å². The molecule has 1 N–H and O–H groups in total. The molecule has 0 saturated carbocycles. The summed E-state index contributed by atoms with van der Waals surface area (Å²) in [6.45, 7) is 11.0. The highest BCUT2D eigenvalue weighted by Gasteiger charge is 2.39. The number of carbonyl (C=O) groups is 3. The van der Waals surface area contributed by atoms with Gasteiger partial charge in [0.15, 0.2) is 5.57 Å². The van der Waals surface area contributed by atoms with E-state index in [9.17, 15) is 14.4 Å². The third kappa shape index (κ3) is 5.93. The second-order valence-corrected chi connectivity index (χ2v) is 9.86. The normalized spacial score (nSPS) is 18.6. The van der Waals surface area contributed by atoms with Crippen LogP contribution in [0.15, 0.2) is 34.4 Å². The summed E-state index contributed by atoms with van der Waals surface area (Å²) in [5.41, 5.74) is 0.926. The van der Waals surface area contributed by atoms with E-state index in [1.165, 1.54) is 20.0 Å². The van der Waals surface area contributed by atoms with E-state index in [2.05, 4.69) is 26.1 Å². The van der Waals surface area contributed by atoms with Crippen LogP contribution in [0.5, 0.6) is 0 Å². The second-order valence-electron chi connectivity index (χ2n) is 9.00. The number of anilines is 2. The predicted octanol–water partition coefficient (Wildman–Crippen LogP) is 3.64. The quantitative estimate of drug-likeness (QED) is 0.374. The lowest BCUT2D eigenvalue weighted by Crippen LogP contribution is -2.50. The fourth-order valence-electron chi connectivity index (χ4n) is 3.24. The van der Waals surface area contributed by atoms with E-state index in [1.807, 2.05) is 39.0 Å². The first kappa shape index (κ1) is 23.9. The van der Waals surface area contributed by atoms with Crippen LogP contribution in [0.2, 0.25) is 0 Å². The van der Waals surface area contributed by atoms with E-state index < -0.39 is 23.3 Å². The molecule has 3 rings (SSSR count). The van der Waals surface area contributed by atoms with Gasteiger partial charge in [0.1, 0.15) is 5.60 Å². The Morgan fingerprint density at radius 2 is 1.72 bits per heavy atom. The molecule has 2 aliphatic heterocycles. The van der Waals surface area contributed by atoms with Gasteiger partial charge in [0.2, 0.25) is 0 Å². The number of nitrogens with zero attached hydrogens (tertiary/aromatic N) is 2. The van der Waals surface area contributed by atoms with Gasteiger partial charge in [-0.05, 0) is 54.9 Å². The first-order valence-electron chi connectivity index (χ1n) is 10.3. The molecule has 2 aliphatic rings. The second kappa shape index (κ2) is 9.01. The molecular weight excluding hydrogens is 482 g/mol. The van der Waals surface area contributed by atoms with Gasteiger partial charge in [0.25, 0.3) is 5.79 Å². The van der Waals surface area contributed by atoms with Crippen molar-refractivity contribution >= 4 is 45.3 Å². The van der Waals surface area contributed by atoms with E-state index in [1.54, 1.807) is 4.90 Å². The predicted molar refractivity (Wildman–Crippen MR) is 122 cm³/mol. The molecule has 0 atom stereocenters.